The van der Waals surface area contributed by atoms with Crippen molar-refractivity contribution in [3.8, 4) is 11.5 Å². The Morgan fingerprint density at radius 3 is 2.29 bits per heavy atom. The van der Waals surface area contributed by atoms with Gasteiger partial charge in [0.1, 0.15) is 5.82 Å². The van der Waals surface area contributed by atoms with E-state index in [1.807, 2.05) is 0 Å². The zero-order chi connectivity index (χ0) is 20.9. The highest BCUT2D eigenvalue weighted by molar-refractivity contribution is 7.89. The van der Waals surface area contributed by atoms with E-state index in [9.17, 15) is 17.6 Å². The molecule has 0 heterocycles. The Kier molecular flexibility index (Phi) is 6.98. The average molecular weight is 410 g/mol. The van der Waals surface area contributed by atoms with E-state index in [0.717, 1.165) is 34.1 Å². The number of nitrogens with zero attached hydrogens (tertiary/aromatic N) is 1. The third-order valence-corrected chi connectivity index (χ3v) is 5.99. The molecule has 1 amide bonds. The summed E-state index contributed by atoms with van der Waals surface area (Å²) in [6, 6.07) is 9.29. The molecular formula is C19H23FN2O5S. The van der Waals surface area contributed by atoms with Crippen LogP contribution in [0.4, 0.5) is 4.39 Å². The molecule has 0 fully saturated rings. The first kappa shape index (κ1) is 21.6. The number of methoxy groups -OCH3 is 2. The Balaban J connectivity index is 2.05. The van der Waals surface area contributed by atoms with Gasteiger partial charge in [-0.05, 0) is 48.9 Å². The normalized spacial score (nSPS) is 12.5. The second-order valence-electron chi connectivity index (χ2n) is 6.12. The molecule has 7 nitrogen and oxygen atoms in total. The van der Waals surface area contributed by atoms with Crippen molar-refractivity contribution in [3.05, 3.63) is 53.8 Å². The topological polar surface area (TPSA) is 84.9 Å². The molecule has 2 aromatic rings. The van der Waals surface area contributed by atoms with Gasteiger partial charge in [-0.25, -0.2) is 12.8 Å². The second-order valence-corrected chi connectivity index (χ2v) is 8.16. The van der Waals surface area contributed by atoms with Crippen LogP contribution in [0.1, 0.15) is 18.5 Å². The smallest absolute Gasteiger partial charge is 0.243 e. The lowest BCUT2D eigenvalue weighted by Gasteiger charge is -2.20. The number of ether oxygens (including phenoxy) is 2. The van der Waals surface area contributed by atoms with Crippen molar-refractivity contribution in [2.45, 2.75) is 17.9 Å². The fraction of sp³-hybridized carbons (Fsp3) is 0.316. The van der Waals surface area contributed by atoms with Crippen molar-refractivity contribution < 1.29 is 27.1 Å². The molecule has 0 spiro atoms. The number of hydrogen-bond acceptors (Lipinski definition) is 5. The molecule has 28 heavy (non-hydrogen) atoms. The first-order chi connectivity index (χ1) is 13.2. The molecule has 2 aromatic carbocycles. The number of hydrogen-bond donors (Lipinski definition) is 1. The summed E-state index contributed by atoms with van der Waals surface area (Å²) in [6.45, 7) is 1.39. The first-order valence-electron chi connectivity index (χ1n) is 8.42. The van der Waals surface area contributed by atoms with Crippen molar-refractivity contribution in [2.24, 2.45) is 0 Å². The van der Waals surface area contributed by atoms with Crippen LogP contribution in [0.5, 0.6) is 11.5 Å². The maximum atomic E-state index is 13.0. The van der Waals surface area contributed by atoms with E-state index in [4.69, 9.17) is 9.47 Å². The first-order valence-corrected chi connectivity index (χ1v) is 9.86. The largest absolute Gasteiger partial charge is 0.493 e. The van der Waals surface area contributed by atoms with Crippen LogP contribution in [-0.4, -0.2) is 46.4 Å². The summed E-state index contributed by atoms with van der Waals surface area (Å²) in [7, 11) is 0.431. The van der Waals surface area contributed by atoms with Gasteiger partial charge in [0.2, 0.25) is 15.9 Å². The van der Waals surface area contributed by atoms with E-state index in [2.05, 4.69) is 5.32 Å². The molecule has 0 bridgehead atoms. The van der Waals surface area contributed by atoms with Crippen LogP contribution in [-0.2, 0) is 14.8 Å². The van der Waals surface area contributed by atoms with E-state index in [1.165, 1.54) is 21.3 Å². The van der Waals surface area contributed by atoms with Gasteiger partial charge in [0, 0.05) is 7.05 Å². The van der Waals surface area contributed by atoms with E-state index in [1.54, 1.807) is 25.1 Å². The minimum atomic E-state index is -3.90. The fourth-order valence-corrected chi connectivity index (χ4v) is 3.69. The number of carbonyl (C=O) groups excluding carboxylic acids is 1. The molecule has 9 heteroatoms. The number of halogens is 1. The summed E-state index contributed by atoms with van der Waals surface area (Å²) >= 11 is 0. The van der Waals surface area contributed by atoms with E-state index < -0.39 is 21.7 Å². The van der Waals surface area contributed by atoms with Crippen molar-refractivity contribution in [1.29, 1.82) is 0 Å². The van der Waals surface area contributed by atoms with E-state index >= 15 is 0 Å². The quantitative estimate of drug-likeness (QED) is 0.722. The standard InChI is InChI=1S/C19H23FN2O5S/c1-13(14-5-10-17(26-3)18(11-14)27-4)21-19(23)12-22(2)28(24,25)16-8-6-15(20)7-9-16/h5-11,13H,12H2,1-4H3,(H,21,23)/t13-/m0/s1. The predicted octanol–water partition coefficient (Wildman–Crippen LogP) is 2.34. The van der Waals surface area contributed by atoms with Crippen molar-refractivity contribution in [1.82, 2.24) is 9.62 Å². The molecular weight excluding hydrogens is 387 g/mol. The van der Waals surface area contributed by atoms with Crippen LogP contribution in [0, 0.1) is 5.82 Å². The van der Waals surface area contributed by atoms with Gasteiger partial charge < -0.3 is 14.8 Å². The second kappa shape index (κ2) is 9.03. The highest BCUT2D eigenvalue weighted by atomic mass is 32.2. The zero-order valence-electron chi connectivity index (χ0n) is 16.1. The van der Waals surface area contributed by atoms with Gasteiger partial charge in [-0.1, -0.05) is 6.07 Å². The van der Waals surface area contributed by atoms with Crippen LogP contribution < -0.4 is 14.8 Å². The average Bonchev–Trinajstić information content (AvgIpc) is 2.67. The van der Waals surface area contributed by atoms with Gasteiger partial charge in [-0.15, -0.1) is 0 Å². The summed E-state index contributed by atoms with van der Waals surface area (Å²) in [5.74, 6) is 0.0746. The maximum absolute atomic E-state index is 13.0. The lowest BCUT2D eigenvalue weighted by molar-refractivity contribution is -0.121. The Morgan fingerprint density at radius 2 is 1.71 bits per heavy atom. The van der Waals surface area contributed by atoms with Gasteiger partial charge >= 0.3 is 0 Å². The molecule has 0 aliphatic carbocycles. The Morgan fingerprint density at radius 1 is 1.11 bits per heavy atom. The highest BCUT2D eigenvalue weighted by Gasteiger charge is 2.23. The monoisotopic (exact) mass is 410 g/mol. The third kappa shape index (κ3) is 4.99. The van der Waals surface area contributed by atoms with E-state index in [-0.39, 0.29) is 17.5 Å². The third-order valence-electron chi connectivity index (χ3n) is 4.17. The molecule has 1 N–H and O–H groups in total. The van der Waals surface area contributed by atoms with Gasteiger partial charge in [-0.3, -0.25) is 4.79 Å². The molecule has 0 aliphatic heterocycles. The zero-order valence-corrected chi connectivity index (χ0v) is 16.9. The molecule has 152 valence electrons. The van der Waals surface area contributed by atoms with E-state index in [0.29, 0.717) is 11.5 Å². The van der Waals surface area contributed by atoms with Crippen molar-refractivity contribution in [3.63, 3.8) is 0 Å². The fourth-order valence-electron chi connectivity index (χ4n) is 2.57. The van der Waals surface area contributed by atoms with Crippen LogP contribution in [0.3, 0.4) is 0 Å². The molecule has 0 aliphatic rings. The summed E-state index contributed by atoms with van der Waals surface area (Å²) in [6.07, 6.45) is 0. The summed E-state index contributed by atoms with van der Waals surface area (Å²) in [5, 5.41) is 2.75. The Bertz CT molecular complexity index is 932. The predicted molar refractivity (Wildman–Crippen MR) is 102 cm³/mol. The lowest BCUT2D eigenvalue weighted by atomic mass is 10.1. The molecule has 0 saturated heterocycles. The summed E-state index contributed by atoms with van der Waals surface area (Å²) < 4.78 is 49.3. The lowest BCUT2D eigenvalue weighted by Crippen LogP contribution is -2.39. The van der Waals surface area contributed by atoms with Crippen molar-refractivity contribution in [2.75, 3.05) is 27.8 Å². The Labute approximate surface area is 164 Å². The van der Waals surface area contributed by atoms with Crippen LogP contribution in [0.15, 0.2) is 47.4 Å². The van der Waals surface area contributed by atoms with Gasteiger partial charge in [-0.2, -0.15) is 4.31 Å². The highest BCUT2D eigenvalue weighted by Crippen LogP contribution is 2.29. The van der Waals surface area contributed by atoms with Crippen molar-refractivity contribution >= 4 is 15.9 Å². The summed E-state index contributed by atoms with van der Waals surface area (Å²) in [5.41, 5.74) is 0.773. The summed E-state index contributed by atoms with van der Waals surface area (Å²) in [4.78, 5) is 12.2. The number of nitrogens with one attached hydrogen (secondary N) is 1. The van der Waals surface area contributed by atoms with Crippen LogP contribution in [0.2, 0.25) is 0 Å². The number of carbonyl (C=O) groups is 1. The SMILES string of the molecule is COc1ccc([C@H](C)NC(=O)CN(C)S(=O)(=O)c2ccc(F)cc2)cc1OC. The number of benzene rings is 2. The molecule has 1 atom stereocenters. The minimum Gasteiger partial charge on any atom is -0.493 e. The van der Waals surface area contributed by atoms with Gasteiger partial charge in [0.15, 0.2) is 11.5 Å². The maximum Gasteiger partial charge on any atom is 0.243 e. The van der Waals surface area contributed by atoms with Crippen LogP contribution >= 0.6 is 0 Å². The number of likely N-dealkylation sites (N-methyl/N-ethyl adjacent to an activating group) is 1. The van der Waals surface area contributed by atoms with Gasteiger partial charge in [0.25, 0.3) is 0 Å². The van der Waals surface area contributed by atoms with Crippen LogP contribution in [0.25, 0.3) is 0 Å². The number of amides is 1. The van der Waals surface area contributed by atoms with Gasteiger partial charge in [0.05, 0.1) is 31.7 Å². The molecule has 0 aromatic heterocycles. The number of rotatable bonds is 8. The molecule has 2 rings (SSSR count). The minimum absolute atomic E-state index is 0.0860. The number of sulfonamides is 1. The molecule has 0 saturated carbocycles. The Hall–Kier alpha value is -2.65. The molecule has 0 unspecified atom stereocenters. The molecule has 0 radical (unpaired) electrons.